The number of anilines is 1. The van der Waals surface area contributed by atoms with Crippen LogP contribution in [-0.4, -0.2) is 41.2 Å². The topological polar surface area (TPSA) is 48.4 Å². The summed E-state index contributed by atoms with van der Waals surface area (Å²) in [6, 6.07) is 3.85. The summed E-state index contributed by atoms with van der Waals surface area (Å²) in [5.41, 5.74) is 0.940. The van der Waals surface area contributed by atoms with Crippen LogP contribution in [0.15, 0.2) is 12.1 Å². The van der Waals surface area contributed by atoms with E-state index in [2.05, 4.69) is 22.1 Å². The second-order valence-corrected chi connectivity index (χ2v) is 5.86. The number of nitrogens with zero attached hydrogens (tertiary/aromatic N) is 2. The summed E-state index contributed by atoms with van der Waals surface area (Å²) in [5, 5.41) is 13.2. The molecule has 1 aliphatic heterocycles. The first-order valence-corrected chi connectivity index (χ1v) is 7.83. The van der Waals surface area contributed by atoms with Crippen LogP contribution in [0.1, 0.15) is 31.9 Å². The number of aromatic nitrogens is 1. The fourth-order valence-corrected chi connectivity index (χ4v) is 2.65. The maximum absolute atomic E-state index is 9.17. The van der Waals surface area contributed by atoms with Crippen LogP contribution in [0.5, 0.6) is 0 Å². The number of likely N-dealkylation sites (tertiary alicyclic amines) is 1. The maximum atomic E-state index is 9.17. The molecule has 1 aromatic heterocycles. The van der Waals surface area contributed by atoms with Gasteiger partial charge in [0, 0.05) is 19.7 Å². The van der Waals surface area contributed by atoms with Crippen molar-refractivity contribution in [3.8, 4) is 0 Å². The third-order valence-corrected chi connectivity index (χ3v) is 4.16. The summed E-state index contributed by atoms with van der Waals surface area (Å²) in [4.78, 5) is 6.97. The largest absolute Gasteiger partial charge is 0.396 e. The molecule has 4 nitrogen and oxygen atoms in total. The highest BCUT2D eigenvalue weighted by Crippen LogP contribution is 2.22. The Bertz CT molecular complexity index is 420. The Kier molecular flexibility index (Phi) is 6.07. The lowest BCUT2D eigenvalue weighted by molar-refractivity contribution is 0.126. The molecule has 0 aliphatic carbocycles. The van der Waals surface area contributed by atoms with Gasteiger partial charge in [-0.15, -0.1) is 0 Å². The fraction of sp³-hybridized carbons (Fsp3) is 0.667. The lowest BCUT2D eigenvalue weighted by atomic mass is 9.98. The summed E-state index contributed by atoms with van der Waals surface area (Å²) in [5.74, 6) is 1.36. The molecule has 0 radical (unpaired) electrons. The Balaban J connectivity index is 1.94. The van der Waals surface area contributed by atoms with E-state index in [1.54, 1.807) is 0 Å². The highest BCUT2D eigenvalue weighted by Gasteiger charge is 2.19. The van der Waals surface area contributed by atoms with Gasteiger partial charge in [0.05, 0.1) is 10.7 Å². The van der Waals surface area contributed by atoms with Gasteiger partial charge in [0.2, 0.25) is 0 Å². The summed E-state index contributed by atoms with van der Waals surface area (Å²) in [7, 11) is 0. The van der Waals surface area contributed by atoms with Gasteiger partial charge in [0.25, 0.3) is 0 Å². The highest BCUT2D eigenvalue weighted by atomic mass is 35.5. The van der Waals surface area contributed by atoms with Crippen molar-refractivity contribution >= 4 is 17.4 Å². The van der Waals surface area contributed by atoms with Gasteiger partial charge in [-0.05, 0) is 50.4 Å². The molecule has 0 unspecified atom stereocenters. The molecule has 2 heterocycles. The number of rotatable bonds is 6. The zero-order chi connectivity index (χ0) is 14.4. The molecule has 2 rings (SSSR count). The number of nitrogens with one attached hydrogen (secondary N) is 1. The van der Waals surface area contributed by atoms with Crippen molar-refractivity contribution < 1.29 is 5.11 Å². The number of aliphatic hydroxyl groups is 1. The number of pyridine rings is 1. The minimum atomic E-state index is 0.309. The average Bonchev–Trinajstić information content (AvgIpc) is 2.49. The molecule has 1 aliphatic rings. The van der Waals surface area contributed by atoms with E-state index in [4.69, 9.17) is 16.7 Å². The van der Waals surface area contributed by atoms with Crippen molar-refractivity contribution in [1.29, 1.82) is 0 Å². The van der Waals surface area contributed by atoms with Crippen LogP contribution in [0.4, 0.5) is 5.82 Å². The zero-order valence-corrected chi connectivity index (χ0v) is 12.9. The minimum absolute atomic E-state index is 0.309. The number of piperidine rings is 1. The molecule has 0 saturated carbocycles. The molecule has 0 bridgehead atoms. The minimum Gasteiger partial charge on any atom is -0.396 e. The molecular formula is C15H24ClN3O. The van der Waals surface area contributed by atoms with Gasteiger partial charge in [-0.1, -0.05) is 18.5 Å². The number of hydrogen-bond donors (Lipinski definition) is 2. The van der Waals surface area contributed by atoms with Gasteiger partial charge in [-0.2, -0.15) is 0 Å². The molecule has 2 N–H and O–H groups in total. The molecule has 1 fully saturated rings. The summed E-state index contributed by atoms with van der Waals surface area (Å²) < 4.78 is 0. The van der Waals surface area contributed by atoms with Gasteiger partial charge in [-0.3, -0.25) is 4.90 Å². The lowest BCUT2D eigenvalue weighted by Gasteiger charge is -2.30. The second kappa shape index (κ2) is 7.81. The predicted octanol–water partition coefficient (Wildman–Crippen LogP) is 2.76. The van der Waals surface area contributed by atoms with Crippen molar-refractivity contribution in [3.63, 3.8) is 0 Å². The zero-order valence-electron chi connectivity index (χ0n) is 12.1. The Morgan fingerprint density at radius 3 is 2.80 bits per heavy atom. The monoisotopic (exact) mass is 297 g/mol. The van der Waals surface area contributed by atoms with Crippen molar-refractivity contribution in [1.82, 2.24) is 9.88 Å². The van der Waals surface area contributed by atoms with Crippen LogP contribution in [0.25, 0.3) is 0 Å². The normalized spacial score (nSPS) is 17.4. The van der Waals surface area contributed by atoms with Crippen molar-refractivity contribution in [3.05, 3.63) is 22.8 Å². The van der Waals surface area contributed by atoms with Crippen molar-refractivity contribution in [2.45, 2.75) is 32.7 Å². The van der Waals surface area contributed by atoms with E-state index < -0.39 is 0 Å². The Labute approximate surface area is 126 Å². The van der Waals surface area contributed by atoms with E-state index in [1.807, 2.05) is 12.1 Å². The summed E-state index contributed by atoms with van der Waals surface area (Å²) >= 11 is 6.25. The van der Waals surface area contributed by atoms with E-state index in [0.29, 0.717) is 12.5 Å². The molecule has 5 heteroatoms. The summed E-state index contributed by atoms with van der Waals surface area (Å²) in [6.45, 7) is 6.18. The van der Waals surface area contributed by atoms with Gasteiger partial charge in [0.15, 0.2) is 0 Å². The Hall–Kier alpha value is -0.840. The molecular weight excluding hydrogens is 274 g/mol. The second-order valence-electron chi connectivity index (χ2n) is 5.45. The smallest absolute Gasteiger partial charge is 0.126 e. The molecule has 0 atom stereocenters. The number of hydrogen-bond acceptors (Lipinski definition) is 4. The molecule has 0 spiro atoms. The van der Waals surface area contributed by atoms with Crippen LogP contribution in [0, 0.1) is 5.92 Å². The molecule has 1 aromatic rings. The Morgan fingerprint density at radius 1 is 1.40 bits per heavy atom. The molecule has 0 aromatic carbocycles. The molecule has 0 amide bonds. The quantitative estimate of drug-likeness (QED) is 0.848. The SMILES string of the molecule is CCCNc1ccc(Cl)c(CN2CCC(CO)CC2)n1. The van der Waals surface area contributed by atoms with Crippen LogP contribution < -0.4 is 5.32 Å². The first-order valence-electron chi connectivity index (χ1n) is 7.45. The molecule has 20 heavy (non-hydrogen) atoms. The van der Waals surface area contributed by atoms with E-state index in [9.17, 15) is 0 Å². The van der Waals surface area contributed by atoms with Crippen LogP contribution in [0.3, 0.4) is 0 Å². The third kappa shape index (κ3) is 4.33. The van der Waals surface area contributed by atoms with E-state index in [0.717, 1.165) is 62.0 Å². The third-order valence-electron chi connectivity index (χ3n) is 3.81. The molecule has 1 saturated heterocycles. The maximum Gasteiger partial charge on any atom is 0.126 e. The van der Waals surface area contributed by atoms with Gasteiger partial charge < -0.3 is 10.4 Å². The van der Waals surface area contributed by atoms with E-state index in [-0.39, 0.29) is 0 Å². The first-order chi connectivity index (χ1) is 9.72. The Morgan fingerprint density at radius 2 is 2.15 bits per heavy atom. The van der Waals surface area contributed by atoms with Crippen LogP contribution in [0.2, 0.25) is 5.02 Å². The predicted molar refractivity (Wildman–Crippen MR) is 83.1 cm³/mol. The van der Waals surface area contributed by atoms with E-state index in [1.165, 1.54) is 0 Å². The van der Waals surface area contributed by atoms with Gasteiger partial charge >= 0.3 is 0 Å². The number of halogens is 1. The van der Waals surface area contributed by atoms with Gasteiger partial charge in [-0.25, -0.2) is 4.98 Å². The first kappa shape index (κ1) is 15.5. The average molecular weight is 298 g/mol. The highest BCUT2D eigenvalue weighted by molar-refractivity contribution is 6.31. The van der Waals surface area contributed by atoms with Crippen LogP contribution >= 0.6 is 11.6 Å². The van der Waals surface area contributed by atoms with Crippen molar-refractivity contribution in [2.24, 2.45) is 5.92 Å². The molecule has 112 valence electrons. The standard InChI is InChI=1S/C15H24ClN3O/c1-2-7-17-15-4-3-13(16)14(18-15)10-19-8-5-12(11-20)6-9-19/h3-4,12,20H,2,5-11H2,1H3,(H,17,18). The van der Waals surface area contributed by atoms with Crippen LogP contribution in [-0.2, 0) is 6.54 Å². The van der Waals surface area contributed by atoms with Crippen molar-refractivity contribution in [2.75, 3.05) is 31.6 Å². The fourth-order valence-electron chi connectivity index (χ4n) is 2.49. The van der Waals surface area contributed by atoms with E-state index >= 15 is 0 Å². The van der Waals surface area contributed by atoms with Gasteiger partial charge in [0.1, 0.15) is 5.82 Å². The summed E-state index contributed by atoms with van der Waals surface area (Å²) in [6.07, 6.45) is 3.19. The number of aliphatic hydroxyl groups excluding tert-OH is 1. The lowest BCUT2D eigenvalue weighted by Crippen LogP contribution is -2.34.